The van der Waals surface area contributed by atoms with Crippen molar-refractivity contribution in [3.8, 4) is 22.3 Å². The highest BCUT2D eigenvalue weighted by Gasteiger charge is 2.32. The molecule has 0 saturated heterocycles. The molecular formula is C64H70N4O4. The third-order valence-corrected chi connectivity index (χ3v) is 15.6. The molecule has 0 heterocycles. The predicted molar refractivity (Wildman–Crippen MR) is 295 cm³/mol. The maximum absolute atomic E-state index is 14.1. The van der Waals surface area contributed by atoms with Gasteiger partial charge in [0, 0.05) is 34.8 Å². The first-order valence-corrected chi connectivity index (χ1v) is 26.4. The molecule has 72 heavy (non-hydrogen) atoms. The Morgan fingerprint density at radius 3 is 1.08 bits per heavy atom. The minimum Gasteiger partial charge on any atom is -0.349 e. The molecule has 4 amide bonds. The van der Waals surface area contributed by atoms with Gasteiger partial charge in [0.25, 0.3) is 0 Å². The van der Waals surface area contributed by atoms with E-state index in [0.29, 0.717) is 11.4 Å². The fourth-order valence-corrected chi connectivity index (χ4v) is 11.4. The zero-order valence-corrected chi connectivity index (χ0v) is 42.8. The Bertz CT molecular complexity index is 2860. The molecule has 0 bridgehead atoms. The Labute approximate surface area is 425 Å². The number of rotatable bonds is 14. The number of hydrogen-bond donors (Lipinski definition) is 4. The van der Waals surface area contributed by atoms with Crippen molar-refractivity contribution < 1.29 is 19.2 Å². The molecule has 4 N–H and O–H groups in total. The summed E-state index contributed by atoms with van der Waals surface area (Å²) in [6.45, 7) is 11.6. The molecule has 8 heteroatoms. The smallest absolute Gasteiger partial charge is 0.226 e. The Hall–Kier alpha value is -7.06. The van der Waals surface area contributed by atoms with E-state index in [-0.39, 0.29) is 71.2 Å². The average molecular weight is 959 g/mol. The minimum atomic E-state index is -0.329. The van der Waals surface area contributed by atoms with Crippen molar-refractivity contribution in [2.45, 2.75) is 117 Å². The highest BCUT2D eigenvalue weighted by atomic mass is 16.2. The first-order valence-electron chi connectivity index (χ1n) is 26.4. The van der Waals surface area contributed by atoms with E-state index >= 15 is 0 Å². The molecule has 1 unspecified atom stereocenters. The van der Waals surface area contributed by atoms with Crippen molar-refractivity contribution in [1.82, 2.24) is 10.6 Å². The van der Waals surface area contributed by atoms with Crippen molar-refractivity contribution in [2.75, 3.05) is 10.6 Å². The van der Waals surface area contributed by atoms with Crippen LogP contribution in [0.5, 0.6) is 0 Å². The van der Waals surface area contributed by atoms with Crippen LogP contribution in [0.2, 0.25) is 0 Å². The molecule has 0 spiro atoms. The van der Waals surface area contributed by atoms with Gasteiger partial charge >= 0.3 is 0 Å². The van der Waals surface area contributed by atoms with E-state index in [0.717, 1.165) is 106 Å². The van der Waals surface area contributed by atoms with Crippen molar-refractivity contribution in [3.63, 3.8) is 0 Å². The lowest BCUT2D eigenvalue weighted by Gasteiger charge is -2.31. The summed E-state index contributed by atoms with van der Waals surface area (Å²) >= 11 is 0. The van der Waals surface area contributed by atoms with Crippen molar-refractivity contribution in [2.24, 2.45) is 23.7 Å². The van der Waals surface area contributed by atoms with Crippen LogP contribution in [0.1, 0.15) is 139 Å². The number of fused-ring (bicyclic) bond motifs is 2. The van der Waals surface area contributed by atoms with Crippen LogP contribution in [0, 0.1) is 23.7 Å². The number of anilines is 2. The van der Waals surface area contributed by atoms with Gasteiger partial charge in [-0.3, -0.25) is 19.2 Å². The molecule has 2 aliphatic carbocycles. The minimum absolute atomic E-state index is 0.0513. The number of carbonyl (C=O) groups is 4. The van der Waals surface area contributed by atoms with Gasteiger partial charge in [-0.25, -0.2) is 0 Å². The molecule has 7 aromatic carbocycles. The van der Waals surface area contributed by atoms with Gasteiger partial charge in [0.2, 0.25) is 23.6 Å². The Morgan fingerprint density at radius 2 is 0.736 bits per heavy atom. The van der Waals surface area contributed by atoms with Gasteiger partial charge in [0.15, 0.2) is 0 Å². The summed E-state index contributed by atoms with van der Waals surface area (Å²) < 4.78 is 0. The predicted octanol–water partition coefficient (Wildman–Crippen LogP) is 14.8. The summed E-state index contributed by atoms with van der Waals surface area (Å²) in [6.07, 6.45) is 6.69. The summed E-state index contributed by atoms with van der Waals surface area (Å²) in [4.78, 5) is 55.5. The quantitative estimate of drug-likeness (QED) is 0.0869. The van der Waals surface area contributed by atoms with E-state index in [1.807, 2.05) is 77.9 Å². The van der Waals surface area contributed by atoms with Crippen LogP contribution in [0.25, 0.3) is 43.8 Å². The van der Waals surface area contributed by atoms with Gasteiger partial charge in [0.05, 0.1) is 23.5 Å². The highest BCUT2D eigenvalue weighted by Crippen LogP contribution is 2.49. The van der Waals surface area contributed by atoms with Crippen LogP contribution in [0.4, 0.5) is 11.4 Å². The Balaban J connectivity index is 1.08. The number of benzene rings is 7. The lowest BCUT2D eigenvalue weighted by atomic mass is 9.76. The van der Waals surface area contributed by atoms with E-state index in [1.54, 1.807) is 0 Å². The molecule has 2 fully saturated rings. The Kier molecular flexibility index (Phi) is 15.4. The zero-order chi connectivity index (χ0) is 50.5. The molecule has 0 aliphatic heterocycles. The summed E-state index contributed by atoms with van der Waals surface area (Å²) in [5, 5.41) is 17.7. The van der Waals surface area contributed by atoms with Gasteiger partial charge in [-0.2, -0.15) is 0 Å². The summed E-state index contributed by atoms with van der Waals surface area (Å²) in [5.74, 6) is -0.365. The van der Waals surface area contributed by atoms with Gasteiger partial charge in [-0.15, -0.1) is 0 Å². The lowest BCUT2D eigenvalue weighted by Crippen LogP contribution is -2.34. The van der Waals surface area contributed by atoms with Crippen LogP contribution in [-0.2, 0) is 19.2 Å². The monoisotopic (exact) mass is 959 g/mol. The fraction of sp³-hybridized carbons (Fsp3) is 0.344. The second-order valence-corrected chi connectivity index (χ2v) is 21.1. The number of nitrogens with one attached hydrogen (secondary N) is 4. The molecule has 0 radical (unpaired) electrons. The van der Waals surface area contributed by atoms with Crippen LogP contribution in [0.3, 0.4) is 0 Å². The van der Waals surface area contributed by atoms with Crippen molar-refractivity contribution in [1.29, 1.82) is 0 Å². The van der Waals surface area contributed by atoms with Crippen molar-refractivity contribution >= 4 is 56.5 Å². The molecule has 2 aliphatic rings. The number of carbonyl (C=O) groups excluding carboxylic acids is 4. The third-order valence-electron chi connectivity index (χ3n) is 15.6. The molecule has 370 valence electrons. The summed E-state index contributed by atoms with van der Waals surface area (Å²) in [6, 6.07) is 50.1. The molecule has 8 nitrogen and oxygen atoms in total. The van der Waals surface area contributed by atoms with Crippen LogP contribution >= 0.6 is 0 Å². The van der Waals surface area contributed by atoms with E-state index in [2.05, 4.69) is 130 Å². The summed E-state index contributed by atoms with van der Waals surface area (Å²) in [5.41, 5.74) is 9.40. The topological polar surface area (TPSA) is 116 Å². The second kappa shape index (κ2) is 22.1. The fourth-order valence-electron chi connectivity index (χ4n) is 11.4. The second-order valence-electron chi connectivity index (χ2n) is 21.1. The molecule has 2 saturated carbocycles. The maximum Gasteiger partial charge on any atom is 0.226 e. The normalized spacial score (nSPS) is 18.9. The first-order chi connectivity index (χ1) is 34.9. The third kappa shape index (κ3) is 10.7. The van der Waals surface area contributed by atoms with Gasteiger partial charge in [-0.1, -0.05) is 173 Å². The lowest BCUT2D eigenvalue weighted by molar-refractivity contribution is -0.127. The maximum atomic E-state index is 14.1. The standard InChI is InChI=1S/C64H70N4O4/c1-39(2)61(69)67-59-55(53-27-15-23-47-21-13-25-51(57(47)53)45-29-33-49(34-30-45)63(71)65-41(5)43-17-9-7-10-18-43)37-38-56(60(59)68-62(70)40(3)4)54-28-16-24-48-22-14-26-52(58(48)54)46-31-35-50(36-32-46)64(72)66-42(6)44-19-11-8-12-20-44/h7-28,37-42,45-46,49-50H,29-36H2,1-6H3,(H,65,71)(H,66,72)(H,67,69)(H,68,70)/t41-,42?,45?,46?,49?,50?/m1/s1. The SMILES string of the molecule is CC(C)C(=O)Nc1c(-c2cccc3cccc(C4CCC(C(=O)NC(C)c5ccccc5)CC4)c23)ccc(-c2cccc3cccc(C4CCC(C(=O)N[C@H](C)c5ccccc5)CC4)c23)c1NC(=O)C(C)C. The van der Waals surface area contributed by atoms with E-state index in [9.17, 15) is 19.2 Å². The Morgan fingerprint density at radius 1 is 0.389 bits per heavy atom. The largest absolute Gasteiger partial charge is 0.349 e. The van der Waals surface area contributed by atoms with E-state index in [1.165, 1.54) is 11.1 Å². The highest BCUT2D eigenvalue weighted by molar-refractivity contribution is 6.14. The van der Waals surface area contributed by atoms with Crippen LogP contribution in [0.15, 0.2) is 146 Å². The molecule has 7 aromatic rings. The molecular weight excluding hydrogens is 889 g/mol. The van der Waals surface area contributed by atoms with Crippen LogP contribution in [-0.4, -0.2) is 23.6 Å². The average Bonchev–Trinajstić information content (AvgIpc) is 3.41. The zero-order valence-electron chi connectivity index (χ0n) is 42.8. The number of hydrogen-bond acceptors (Lipinski definition) is 4. The van der Waals surface area contributed by atoms with Gasteiger partial charge in [0.1, 0.15) is 0 Å². The number of amides is 4. The molecule has 2 atom stereocenters. The van der Waals surface area contributed by atoms with Gasteiger partial charge in [-0.05, 0) is 132 Å². The van der Waals surface area contributed by atoms with E-state index < -0.39 is 0 Å². The molecule has 9 rings (SSSR count). The van der Waals surface area contributed by atoms with E-state index in [4.69, 9.17) is 0 Å². The van der Waals surface area contributed by atoms with Crippen LogP contribution < -0.4 is 21.3 Å². The van der Waals surface area contributed by atoms with Crippen molar-refractivity contribution in [3.05, 3.63) is 168 Å². The van der Waals surface area contributed by atoms with Gasteiger partial charge < -0.3 is 21.3 Å². The molecule has 0 aromatic heterocycles. The summed E-state index contributed by atoms with van der Waals surface area (Å²) in [7, 11) is 0. The first kappa shape index (κ1) is 49.9.